The smallest absolute Gasteiger partial charge is 0.277 e. The molecule has 146 valence electrons. The topological polar surface area (TPSA) is 128 Å². The van der Waals surface area contributed by atoms with Crippen LogP contribution in [0.2, 0.25) is 0 Å². The molecule has 3 rings (SSSR count). The van der Waals surface area contributed by atoms with E-state index in [1.165, 1.54) is 11.8 Å². The van der Waals surface area contributed by atoms with Crippen molar-refractivity contribution >= 4 is 11.6 Å². The summed E-state index contributed by atoms with van der Waals surface area (Å²) in [5.74, 6) is 0.602. The van der Waals surface area contributed by atoms with Gasteiger partial charge in [-0.2, -0.15) is 9.78 Å². The van der Waals surface area contributed by atoms with Crippen molar-refractivity contribution in [2.75, 3.05) is 12.4 Å². The normalized spacial score (nSPS) is 10.7. The molecule has 0 fully saturated rings. The van der Waals surface area contributed by atoms with Gasteiger partial charge in [-0.3, -0.25) is 9.59 Å². The van der Waals surface area contributed by atoms with Crippen molar-refractivity contribution in [1.82, 2.24) is 30.4 Å². The quantitative estimate of drug-likeness (QED) is 0.659. The molecule has 0 atom stereocenters. The van der Waals surface area contributed by atoms with Crippen molar-refractivity contribution in [3.8, 4) is 11.4 Å². The van der Waals surface area contributed by atoms with E-state index in [1.54, 1.807) is 25.1 Å². The summed E-state index contributed by atoms with van der Waals surface area (Å²) in [5, 5.41) is 20.7. The highest BCUT2D eigenvalue weighted by atomic mass is 16.5. The number of carbonyl (C=O) groups is 1. The number of aryl methyl sites for hydroxylation is 2. The maximum atomic E-state index is 12.9. The molecular weight excluding hydrogens is 362 g/mol. The molecule has 0 bridgehead atoms. The van der Waals surface area contributed by atoms with Crippen LogP contribution in [0.4, 0.5) is 5.69 Å². The molecule has 0 spiro atoms. The molecule has 0 unspecified atom stereocenters. The van der Waals surface area contributed by atoms with Crippen LogP contribution in [0.3, 0.4) is 0 Å². The highest BCUT2D eigenvalue weighted by molar-refractivity contribution is 6.05. The summed E-state index contributed by atoms with van der Waals surface area (Å²) in [7, 11) is 1.53. The standard InChI is InChI=1S/C18H21N7O3/c1-5-12-13(6-2)21-22-18(27)16(12)17(26)19-11-7-8-15(28-4)14(9-11)25-10(3)20-23-24-25/h7-9H,5-6H2,1-4H3,(H,19,26)(H,22,27). The van der Waals surface area contributed by atoms with Crippen LogP contribution in [0.1, 0.15) is 41.3 Å². The zero-order valence-electron chi connectivity index (χ0n) is 16.1. The van der Waals surface area contributed by atoms with Gasteiger partial charge in [0.15, 0.2) is 5.82 Å². The number of hydrogen-bond donors (Lipinski definition) is 2. The monoisotopic (exact) mass is 383 g/mol. The van der Waals surface area contributed by atoms with Crippen molar-refractivity contribution in [2.24, 2.45) is 0 Å². The Morgan fingerprint density at radius 1 is 1.29 bits per heavy atom. The SMILES string of the molecule is CCc1n[nH]c(=O)c(C(=O)Nc2ccc(OC)c(-n3nnnc3C)c2)c1CC. The number of nitrogens with zero attached hydrogens (tertiary/aromatic N) is 5. The minimum atomic E-state index is -0.517. The van der Waals surface area contributed by atoms with Crippen LogP contribution >= 0.6 is 0 Å². The zero-order chi connectivity index (χ0) is 20.3. The van der Waals surface area contributed by atoms with Gasteiger partial charge in [-0.15, -0.1) is 5.10 Å². The number of tetrazole rings is 1. The van der Waals surface area contributed by atoms with Crippen molar-refractivity contribution in [2.45, 2.75) is 33.6 Å². The van der Waals surface area contributed by atoms with Crippen LogP contribution in [-0.2, 0) is 12.8 Å². The molecule has 10 nitrogen and oxygen atoms in total. The molecule has 2 N–H and O–H groups in total. The second-order valence-corrected chi connectivity index (χ2v) is 6.04. The van der Waals surface area contributed by atoms with Gasteiger partial charge in [0.05, 0.1) is 12.8 Å². The van der Waals surface area contributed by atoms with E-state index in [-0.39, 0.29) is 5.56 Å². The summed E-state index contributed by atoms with van der Waals surface area (Å²) in [4.78, 5) is 25.1. The van der Waals surface area contributed by atoms with Crippen LogP contribution in [0.5, 0.6) is 5.75 Å². The van der Waals surface area contributed by atoms with E-state index < -0.39 is 11.5 Å². The Morgan fingerprint density at radius 2 is 2.07 bits per heavy atom. The number of aromatic amines is 1. The van der Waals surface area contributed by atoms with E-state index in [1.807, 2.05) is 13.8 Å². The Labute approximate surface area is 160 Å². The first-order chi connectivity index (χ1) is 13.5. The molecule has 2 heterocycles. The number of methoxy groups -OCH3 is 1. The number of carbonyl (C=O) groups excluding carboxylic acids is 1. The van der Waals surface area contributed by atoms with Gasteiger partial charge in [-0.1, -0.05) is 13.8 Å². The third kappa shape index (κ3) is 3.48. The Kier molecular flexibility index (Phi) is 5.48. The molecule has 28 heavy (non-hydrogen) atoms. The van der Waals surface area contributed by atoms with Gasteiger partial charge in [-0.05, 0) is 54.0 Å². The summed E-state index contributed by atoms with van der Waals surface area (Å²) in [5.41, 5.74) is 1.95. The Balaban J connectivity index is 2.00. The largest absolute Gasteiger partial charge is 0.494 e. The maximum absolute atomic E-state index is 12.9. The van der Waals surface area contributed by atoms with Gasteiger partial charge in [0.2, 0.25) is 0 Å². The van der Waals surface area contributed by atoms with Gasteiger partial charge in [0.1, 0.15) is 17.0 Å². The van der Waals surface area contributed by atoms with E-state index in [9.17, 15) is 9.59 Å². The average molecular weight is 383 g/mol. The lowest BCUT2D eigenvalue weighted by molar-refractivity contribution is 0.102. The molecule has 10 heteroatoms. The third-order valence-electron chi connectivity index (χ3n) is 4.38. The first kappa shape index (κ1) is 19.2. The maximum Gasteiger partial charge on any atom is 0.277 e. The molecule has 3 aromatic rings. The molecule has 0 aliphatic rings. The van der Waals surface area contributed by atoms with Crippen LogP contribution in [-0.4, -0.2) is 43.4 Å². The Hall–Kier alpha value is -3.56. The predicted octanol–water partition coefficient (Wildman–Crippen LogP) is 1.44. The number of hydrogen-bond acceptors (Lipinski definition) is 7. The van der Waals surface area contributed by atoms with Crippen LogP contribution in [0.15, 0.2) is 23.0 Å². The average Bonchev–Trinajstić information content (AvgIpc) is 3.13. The molecule has 0 saturated carbocycles. The lowest BCUT2D eigenvalue weighted by Crippen LogP contribution is -2.28. The first-order valence-electron chi connectivity index (χ1n) is 8.85. The lowest BCUT2D eigenvalue weighted by Gasteiger charge is -2.13. The molecule has 1 aromatic carbocycles. The number of nitrogens with one attached hydrogen (secondary N) is 2. The van der Waals surface area contributed by atoms with E-state index in [2.05, 4.69) is 31.0 Å². The number of aromatic nitrogens is 6. The fraction of sp³-hybridized carbons (Fsp3) is 0.333. The van der Waals surface area contributed by atoms with Crippen molar-refractivity contribution in [3.05, 3.63) is 51.2 Å². The number of rotatable bonds is 6. The van der Waals surface area contributed by atoms with Gasteiger partial charge < -0.3 is 10.1 Å². The van der Waals surface area contributed by atoms with E-state index >= 15 is 0 Å². The first-order valence-corrected chi connectivity index (χ1v) is 8.85. The minimum Gasteiger partial charge on any atom is -0.494 e. The van der Waals surface area contributed by atoms with E-state index in [4.69, 9.17) is 4.74 Å². The van der Waals surface area contributed by atoms with Crippen molar-refractivity contribution in [1.29, 1.82) is 0 Å². The lowest BCUT2D eigenvalue weighted by atomic mass is 10.0. The van der Waals surface area contributed by atoms with Crippen molar-refractivity contribution in [3.63, 3.8) is 0 Å². The second-order valence-electron chi connectivity index (χ2n) is 6.04. The van der Waals surface area contributed by atoms with Crippen LogP contribution in [0, 0.1) is 6.92 Å². The van der Waals surface area contributed by atoms with Crippen molar-refractivity contribution < 1.29 is 9.53 Å². The second kappa shape index (κ2) is 7.99. The summed E-state index contributed by atoms with van der Waals surface area (Å²) in [6.07, 6.45) is 1.14. The summed E-state index contributed by atoms with van der Waals surface area (Å²) >= 11 is 0. The van der Waals surface area contributed by atoms with E-state index in [0.717, 1.165) is 0 Å². The Bertz CT molecular complexity index is 1070. The fourth-order valence-electron chi connectivity index (χ4n) is 3.02. The van der Waals surface area contributed by atoms with Gasteiger partial charge >= 0.3 is 0 Å². The third-order valence-corrected chi connectivity index (χ3v) is 4.38. The van der Waals surface area contributed by atoms with Gasteiger partial charge in [-0.25, -0.2) is 5.10 Å². The molecule has 0 aliphatic carbocycles. The molecule has 0 radical (unpaired) electrons. The highest BCUT2D eigenvalue weighted by Crippen LogP contribution is 2.26. The van der Waals surface area contributed by atoms with E-state index in [0.29, 0.717) is 47.0 Å². The molecule has 2 aromatic heterocycles. The summed E-state index contributed by atoms with van der Waals surface area (Å²) in [6.45, 7) is 5.56. The fourth-order valence-corrected chi connectivity index (χ4v) is 3.02. The molecule has 1 amide bonds. The number of H-pyrrole nitrogens is 1. The van der Waals surface area contributed by atoms with Crippen LogP contribution < -0.4 is 15.6 Å². The summed E-state index contributed by atoms with van der Waals surface area (Å²) < 4.78 is 6.86. The number of amides is 1. The molecular formula is C18H21N7O3. The van der Waals surface area contributed by atoms with Gasteiger partial charge in [0, 0.05) is 5.69 Å². The molecule has 0 saturated heterocycles. The number of ether oxygens (including phenoxy) is 1. The highest BCUT2D eigenvalue weighted by Gasteiger charge is 2.20. The zero-order valence-corrected chi connectivity index (χ0v) is 16.1. The predicted molar refractivity (Wildman–Crippen MR) is 102 cm³/mol. The Morgan fingerprint density at radius 3 is 2.68 bits per heavy atom. The number of anilines is 1. The number of benzene rings is 1. The minimum absolute atomic E-state index is 0.0744. The summed E-state index contributed by atoms with van der Waals surface area (Å²) in [6, 6.07) is 5.06. The van der Waals surface area contributed by atoms with Crippen LogP contribution in [0.25, 0.3) is 5.69 Å². The molecule has 0 aliphatic heterocycles. The van der Waals surface area contributed by atoms with Gasteiger partial charge in [0.25, 0.3) is 11.5 Å².